The molecule has 0 fully saturated rings. The molecule has 0 radical (unpaired) electrons. The van der Waals surface area contributed by atoms with Crippen LogP contribution in [-0.2, 0) is 41.5 Å². The molecule has 0 spiro atoms. The molecule has 0 bridgehead atoms. The molecule has 0 saturated carbocycles. The lowest BCUT2D eigenvalue weighted by atomic mass is 9.70. The van der Waals surface area contributed by atoms with Gasteiger partial charge in [0.25, 0.3) is 5.91 Å². The van der Waals surface area contributed by atoms with Crippen LogP contribution in [0.5, 0.6) is 0 Å². The van der Waals surface area contributed by atoms with Crippen LogP contribution in [0, 0.1) is 0 Å². The van der Waals surface area contributed by atoms with Crippen LogP contribution in [0.15, 0.2) is 109 Å². The molecule has 1 N–H and O–H groups in total. The lowest BCUT2D eigenvalue weighted by Gasteiger charge is -2.45. The van der Waals surface area contributed by atoms with Crippen molar-refractivity contribution < 1.29 is 28.6 Å². The monoisotopic (exact) mass is 616 g/mol. The number of para-hydroxylation sites is 1. The number of hydrogen-bond donors (Lipinski definition) is 1. The minimum Gasteiger partial charge on any atom is -0.467 e. The Bertz CT molecular complexity index is 1910. The second-order valence-electron chi connectivity index (χ2n) is 12.4. The first-order valence-electron chi connectivity index (χ1n) is 15.1. The summed E-state index contributed by atoms with van der Waals surface area (Å²) in [5, 5.41) is 6.71. The predicted octanol–water partition coefficient (Wildman–Crippen LogP) is 6.97. The van der Waals surface area contributed by atoms with Crippen LogP contribution in [0.3, 0.4) is 0 Å². The van der Waals surface area contributed by atoms with Gasteiger partial charge in [-0.15, -0.1) is 0 Å². The van der Waals surface area contributed by atoms with E-state index in [1.807, 2.05) is 48.5 Å². The molecule has 0 aliphatic carbocycles. The van der Waals surface area contributed by atoms with E-state index in [1.165, 1.54) is 12.0 Å². The number of nitrogens with one attached hydrogen (secondary N) is 1. The quantitative estimate of drug-likeness (QED) is 0.157. The van der Waals surface area contributed by atoms with E-state index in [2.05, 4.69) is 11.4 Å². The van der Waals surface area contributed by atoms with Crippen molar-refractivity contribution in [1.82, 2.24) is 5.32 Å². The van der Waals surface area contributed by atoms with Crippen LogP contribution in [0.1, 0.15) is 37.5 Å². The molecule has 0 unspecified atom stereocenters. The van der Waals surface area contributed by atoms with Gasteiger partial charge >= 0.3 is 12.1 Å². The molecule has 1 aliphatic heterocycles. The minimum atomic E-state index is -2.21. The molecule has 234 valence electrons. The van der Waals surface area contributed by atoms with E-state index < -0.39 is 34.7 Å². The molecule has 1 heterocycles. The molecular weight excluding hydrogens is 580 g/mol. The Labute approximate surface area is 267 Å². The average Bonchev–Trinajstić information content (AvgIpc) is 3.26. The third-order valence-electron chi connectivity index (χ3n) is 8.48. The van der Waals surface area contributed by atoms with Crippen LogP contribution in [0.2, 0.25) is 0 Å². The Morgan fingerprint density at radius 2 is 1.37 bits per heavy atom. The summed E-state index contributed by atoms with van der Waals surface area (Å²) in [6, 6.07) is 33.7. The van der Waals surface area contributed by atoms with Gasteiger partial charge in [-0.1, -0.05) is 97.1 Å². The second-order valence-corrected chi connectivity index (χ2v) is 12.4. The third kappa shape index (κ3) is 4.86. The Kier molecular flexibility index (Phi) is 7.78. The highest BCUT2D eigenvalue weighted by atomic mass is 16.6. The highest BCUT2D eigenvalue weighted by Gasteiger charge is 2.70. The van der Waals surface area contributed by atoms with Gasteiger partial charge in [0.05, 0.1) is 13.7 Å². The van der Waals surface area contributed by atoms with Gasteiger partial charge in [-0.2, -0.15) is 0 Å². The normalized spacial score (nSPS) is 17.4. The molecule has 46 heavy (non-hydrogen) atoms. The number of ether oxygens (including phenoxy) is 3. The number of methoxy groups -OCH3 is 1. The number of alkyl carbamates (subject to hydrolysis) is 1. The lowest BCUT2D eigenvalue weighted by molar-refractivity contribution is -0.192. The molecular formula is C38H36N2O6. The molecule has 2 atom stereocenters. The van der Waals surface area contributed by atoms with E-state index in [1.54, 1.807) is 82.4 Å². The van der Waals surface area contributed by atoms with E-state index in [-0.39, 0.29) is 6.61 Å². The van der Waals surface area contributed by atoms with E-state index >= 15 is 0 Å². The number of nitrogens with zero attached hydrogens (tertiary/aromatic N) is 1. The fourth-order valence-electron chi connectivity index (χ4n) is 6.56. The topological polar surface area (TPSA) is 94.2 Å². The maximum absolute atomic E-state index is 14.8. The molecule has 6 rings (SSSR count). The number of carbonyl (C=O) groups is 3. The Balaban J connectivity index is 1.66. The van der Waals surface area contributed by atoms with Gasteiger partial charge in [-0.25, -0.2) is 9.59 Å². The van der Waals surface area contributed by atoms with Gasteiger partial charge in [0.1, 0.15) is 5.60 Å². The van der Waals surface area contributed by atoms with Crippen LogP contribution in [0.25, 0.3) is 21.5 Å². The van der Waals surface area contributed by atoms with Crippen molar-refractivity contribution >= 4 is 45.2 Å². The summed E-state index contributed by atoms with van der Waals surface area (Å²) in [5.41, 5.74) is -3.23. The van der Waals surface area contributed by atoms with E-state index in [0.29, 0.717) is 16.8 Å². The van der Waals surface area contributed by atoms with Crippen molar-refractivity contribution in [2.24, 2.45) is 0 Å². The van der Waals surface area contributed by atoms with Gasteiger partial charge in [-0.3, -0.25) is 10.1 Å². The van der Waals surface area contributed by atoms with Gasteiger partial charge in [0.15, 0.2) is 5.54 Å². The number of likely N-dealkylation sites (N-methyl/N-ethyl adjacent to an activating group) is 1. The number of rotatable bonds is 7. The Hall–Kier alpha value is -5.21. The number of benzene rings is 5. The first-order valence-corrected chi connectivity index (χ1v) is 15.1. The molecule has 0 aromatic heterocycles. The van der Waals surface area contributed by atoms with Crippen molar-refractivity contribution in [1.29, 1.82) is 0 Å². The number of amides is 2. The largest absolute Gasteiger partial charge is 0.467 e. The third-order valence-corrected chi connectivity index (χ3v) is 8.48. The van der Waals surface area contributed by atoms with Gasteiger partial charge < -0.3 is 19.1 Å². The molecule has 8 nitrogen and oxygen atoms in total. The summed E-state index contributed by atoms with van der Waals surface area (Å²) in [4.78, 5) is 44.6. The second kappa shape index (κ2) is 11.6. The zero-order valence-corrected chi connectivity index (χ0v) is 26.5. The number of hydrogen-bond acceptors (Lipinski definition) is 6. The van der Waals surface area contributed by atoms with Crippen molar-refractivity contribution in [3.05, 3.63) is 126 Å². The molecule has 1 aliphatic rings. The van der Waals surface area contributed by atoms with E-state index in [4.69, 9.17) is 14.2 Å². The lowest BCUT2D eigenvalue weighted by Crippen LogP contribution is -2.69. The summed E-state index contributed by atoms with van der Waals surface area (Å²) in [6.45, 7) is 5.07. The summed E-state index contributed by atoms with van der Waals surface area (Å²) in [7, 11) is 2.85. The summed E-state index contributed by atoms with van der Waals surface area (Å²) >= 11 is 0. The summed E-state index contributed by atoms with van der Waals surface area (Å²) < 4.78 is 18.2. The molecule has 0 saturated heterocycles. The van der Waals surface area contributed by atoms with Crippen molar-refractivity contribution in [3.8, 4) is 0 Å². The van der Waals surface area contributed by atoms with Crippen LogP contribution < -0.4 is 10.2 Å². The minimum absolute atomic E-state index is 0.108. The Morgan fingerprint density at radius 3 is 1.98 bits per heavy atom. The van der Waals surface area contributed by atoms with E-state index in [0.717, 1.165) is 27.1 Å². The molecule has 2 amide bonds. The maximum atomic E-state index is 14.8. The standard InChI is InChI=1S/C38H36N2O6/c1-36(2,3)46-35(43)39-37(31-21-13-14-22-32(31)40(4)33(37)41)38(34(42)44-5,27-17-7-6-8-18-27)45-24-30-28-19-11-9-15-25(28)23-26-16-10-12-20-29(26)30/h6-23H,24H2,1-5H3,(H,39,43)/t37-,38+/m1/s1. The highest BCUT2D eigenvalue weighted by Crippen LogP contribution is 2.53. The first kappa shape index (κ1) is 30.8. The zero-order valence-electron chi connectivity index (χ0n) is 26.5. The summed E-state index contributed by atoms with van der Waals surface area (Å²) in [5.74, 6) is -1.45. The average molecular weight is 617 g/mol. The number of fused-ring (bicyclic) bond motifs is 3. The van der Waals surface area contributed by atoms with Crippen molar-refractivity contribution in [2.75, 3.05) is 19.1 Å². The smallest absolute Gasteiger partial charge is 0.408 e. The fourth-order valence-corrected chi connectivity index (χ4v) is 6.56. The van der Waals surface area contributed by atoms with Crippen LogP contribution in [-0.4, -0.2) is 37.7 Å². The molecule has 8 heteroatoms. The highest BCUT2D eigenvalue weighted by molar-refractivity contribution is 6.13. The maximum Gasteiger partial charge on any atom is 0.408 e. The molecule has 5 aromatic carbocycles. The van der Waals surface area contributed by atoms with Crippen LogP contribution in [0.4, 0.5) is 10.5 Å². The number of esters is 1. The van der Waals surface area contributed by atoms with Gasteiger partial charge in [0, 0.05) is 18.3 Å². The van der Waals surface area contributed by atoms with E-state index in [9.17, 15) is 14.4 Å². The van der Waals surface area contributed by atoms with Gasteiger partial charge in [-0.05, 0) is 65.6 Å². The Morgan fingerprint density at radius 1 is 0.804 bits per heavy atom. The van der Waals surface area contributed by atoms with Crippen molar-refractivity contribution in [3.63, 3.8) is 0 Å². The van der Waals surface area contributed by atoms with Crippen molar-refractivity contribution in [2.45, 2.75) is 44.1 Å². The number of carbonyl (C=O) groups excluding carboxylic acids is 3. The molecule has 5 aromatic rings. The predicted molar refractivity (Wildman–Crippen MR) is 177 cm³/mol. The summed E-state index contributed by atoms with van der Waals surface area (Å²) in [6.07, 6.45) is -0.894. The van der Waals surface area contributed by atoms with Gasteiger partial charge in [0.2, 0.25) is 5.60 Å². The fraction of sp³-hybridized carbons (Fsp3) is 0.237. The zero-order chi connectivity index (χ0) is 32.7. The first-order chi connectivity index (χ1) is 22.0. The van der Waals surface area contributed by atoms with Crippen LogP contribution >= 0.6 is 0 Å². The number of anilines is 1. The SMILES string of the molecule is COC(=O)[C@@](OCc1c2ccccc2cc2ccccc12)(c1ccccc1)[C@]1(NC(=O)OC(C)(C)C)C(=O)N(C)c2ccccc21.